The minimum absolute atomic E-state index is 0.0484. The number of aliphatic carboxylic acids is 1. The molecule has 0 spiro atoms. The summed E-state index contributed by atoms with van der Waals surface area (Å²) in [5.41, 5.74) is 0.590. The number of rotatable bonds is 12. The lowest BCUT2D eigenvalue weighted by atomic mass is 10.00. The summed E-state index contributed by atoms with van der Waals surface area (Å²) < 4.78 is 0. The van der Waals surface area contributed by atoms with Gasteiger partial charge in [0.2, 0.25) is 5.91 Å². The number of carbonyl (C=O) groups is 2. The molecule has 1 heterocycles. The first kappa shape index (κ1) is 22.5. The van der Waals surface area contributed by atoms with Gasteiger partial charge in [0.15, 0.2) is 0 Å². The smallest absolute Gasteiger partial charge is 0.303 e. The molecular formula is C22H31NO4S. The first-order valence-corrected chi connectivity index (χ1v) is 11.1. The average molecular weight is 406 g/mol. The molecule has 0 bridgehead atoms. The molecule has 2 rings (SSSR count). The number of benzene rings is 1. The Morgan fingerprint density at radius 1 is 1.21 bits per heavy atom. The summed E-state index contributed by atoms with van der Waals surface area (Å²) in [5.74, 6) is 0.175. The number of hydrogen-bond acceptors (Lipinski definition) is 4. The Kier molecular flexibility index (Phi) is 10.1. The number of piperidine rings is 1. The molecule has 1 aliphatic rings. The standard InChI is InChI=1S/C22H31NO4S/c24-20-12-8-11-19(23(20)16-7-2-1-6-13-21(25)26)14-15-22(27)28-17-18-9-4-3-5-10-18/h3-5,9-10,14-15,19,22,27H,1-2,6-8,11-13,16-17H2,(H,25,26)/t19-,22?/m1/s1. The van der Waals surface area contributed by atoms with Crippen molar-refractivity contribution < 1.29 is 19.8 Å². The fourth-order valence-corrected chi connectivity index (χ4v) is 4.14. The van der Waals surface area contributed by atoms with Crippen molar-refractivity contribution in [2.75, 3.05) is 6.54 Å². The van der Waals surface area contributed by atoms with Crippen LogP contribution in [0, 0.1) is 0 Å². The van der Waals surface area contributed by atoms with Crippen LogP contribution in [0.2, 0.25) is 0 Å². The zero-order chi connectivity index (χ0) is 20.2. The topological polar surface area (TPSA) is 77.8 Å². The number of aliphatic hydroxyl groups excluding tert-OH is 1. The Morgan fingerprint density at radius 3 is 2.71 bits per heavy atom. The number of carboxylic acids is 1. The molecule has 28 heavy (non-hydrogen) atoms. The molecule has 1 aromatic rings. The number of amides is 1. The van der Waals surface area contributed by atoms with Gasteiger partial charge in [0.1, 0.15) is 5.44 Å². The van der Waals surface area contributed by atoms with Gasteiger partial charge in [-0.05, 0) is 37.3 Å². The molecule has 2 atom stereocenters. The van der Waals surface area contributed by atoms with Gasteiger partial charge in [-0.25, -0.2) is 0 Å². The molecule has 6 heteroatoms. The SMILES string of the molecule is O=C(O)CCCCCCN1C(=O)CCC[C@@H]1C=CC(O)SCc1ccccc1. The number of hydrogen-bond donors (Lipinski definition) is 2. The minimum Gasteiger partial charge on any atom is -0.481 e. The van der Waals surface area contributed by atoms with Crippen LogP contribution in [0.25, 0.3) is 0 Å². The summed E-state index contributed by atoms with van der Waals surface area (Å²) in [7, 11) is 0. The van der Waals surface area contributed by atoms with E-state index in [9.17, 15) is 14.7 Å². The number of carboxylic acid groups (broad SMARTS) is 1. The maximum atomic E-state index is 12.3. The lowest BCUT2D eigenvalue weighted by Gasteiger charge is -2.34. The monoisotopic (exact) mass is 405 g/mol. The number of aliphatic hydroxyl groups is 1. The van der Waals surface area contributed by atoms with Crippen LogP contribution >= 0.6 is 11.8 Å². The predicted octanol–water partition coefficient (Wildman–Crippen LogP) is 4.21. The molecule has 5 nitrogen and oxygen atoms in total. The average Bonchev–Trinajstić information content (AvgIpc) is 2.69. The van der Waals surface area contributed by atoms with Crippen LogP contribution in [0.5, 0.6) is 0 Å². The van der Waals surface area contributed by atoms with E-state index in [2.05, 4.69) is 0 Å². The highest BCUT2D eigenvalue weighted by Crippen LogP contribution is 2.22. The van der Waals surface area contributed by atoms with Crippen LogP contribution in [0.3, 0.4) is 0 Å². The van der Waals surface area contributed by atoms with Crippen LogP contribution in [-0.4, -0.2) is 45.0 Å². The summed E-state index contributed by atoms with van der Waals surface area (Å²) in [6.07, 6.45) is 9.79. The van der Waals surface area contributed by atoms with Crippen molar-refractivity contribution in [1.82, 2.24) is 4.90 Å². The zero-order valence-electron chi connectivity index (χ0n) is 16.3. The summed E-state index contributed by atoms with van der Waals surface area (Å²) in [5, 5.41) is 18.9. The predicted molar refractivity (Wildman–Crippen MR) is 113 cm³/mol. The number of likely N-dealkylation sites (tertiary alicyclic amines) is 1. The fraction of sp³-hybridized carbons (Fsp3) is 0.545. The van der Waals surface area contributed by atoms with Gasteiger partial charge in [-0.3, -0.25) is 9.59 Å². The van der Waals surface area contributed by atoms with E-state index >= 15 is 0 Å². The number of unbranched alkanes of at least 4 members (excludes halogenated alkanes) is 3. The largest absolute Gasteiger partial charge is 0.481 e. The summed E-state index contributed by atoms with van der Waals surface area (Å²) in [6.45, 7) is 0.703. The van der Waals surface area contributed by atoms with E-state index in [4.69, 9.17) is 5.11 Å². The fourth-order valence-electron chi connectivity index (χ4n) is 3.38. The Labute approximate surface area is 171 Å². The highest BCUT2D eigenvalue weighted by Gasteiger charge is 2.25. The van der Waals surface area contributed by atoms with E-state index in [1.807, 2.05) is 41.3 Å². The van der Waals surface area contributed by atoms with E-state index in [1.54, 1.807) is 6.08 Å². The lowest BCUT2D eigenvalue weighted by molar-refractivity contribution is -0.137. The Morgan fingerprint density at radius 2 is 1.96 bits per heavy atom. The number of carbonyl (C=O) groups excluding carboxylic acids is 1. The van der Waals surface area contributed by atoms with Crippen molar-refractivity contribution in [3.8, 4) is 0 Å². The first-order chi connectivity index (χ1) is 13.6. The van der Waals surface area contributed by atoms with E-state index < -0.39 is 11.4 Å². The van der Waals surface area contributed by atoms with Crippen LogP contribution in [0.1, 0.15) is 56.9 Å². The molecule has 1 amide bonds. The van der Waals surface area contributed by atoms with Crippen LogP contribution in [0.4, 0.5) is 0 Å². The van der Waals surface area contributed by atoms with Gasteiger partial charge < -0.3 is 15.1 Å². The quantitative estimate of drug-likeness (QED) is 0.309. The second kappa shape index (κ2) is 12.6. The third-order valence-corrected chi connectivity index (χ3v) is 5.91. The minimum atomic E-state index is -0.750. The first-order valence-electron chi connectivity index (χ1n) is 10.1. The molecule has 0 radical (unpaired) electrons. The van der Waals surface area contributed by atoms with Crippen molar-refractivity contribution in [3.05, 3.63) is 48.0 Å². The van der Waals surface area contributed by atoms with Gasteiger partial charge in [0, 0.05) is 25.1 Å². The maximum Gasteiger partial charge on any atom is 0.303 e. The van der Waals surface area contributed by atoms with Crippen molar-refractivity contribution >= 4 is 23.6 Å². The molecule has 1 saturated heterocycles. The van der Waals surface area contributed by atoms with Gasteiger partial charge in [-0.2, -0.15) is 0 Å². The molecule has 1 aromatic carbocycles. The molecular weight excluding hydrogens is 374 g/mol. The Hall–Kier alpha value is -1.79. The molecule has 0 aliphatic carbocycles. The van der Waals surface area contributed by atoms with Crippen molar-refractivity contribution in [1.29, 1.82) is 0 Å². The van der Waals surface area contributed by atoms with Crippen LogP contribution in [0.15, 0.2) is 42.5 Å². The van der Waals surface area contributed by atoms with Crippen molar-refractivity contribution in [3.63, 3.8) is 0 Å². The highest BCUT2D eigenvalue weighted by atomic mass is 32.2. The highest BCUT2D eigenvalue weighted by molar-refractivity contribution is 7.99. The van der Waals surface area contributed by atoms with Crippen LogP contribution < -0.4 is 0 Å². The molecule has 1 fully saturated rings. The van der Waals surface area contributed by atoms with Gasteiger partial charge >= 0.3 is 5.97 Å². The third kappa shape index (κ3) is 8.48. The lowest BCUT2D eigenvalue weighted by Crippen LogP contribution is -2.43. The normalized spacial score (nSPS) is 18.5. The maximum absolute atomic E-state index is 12.3. The number of thioether (sulfide) groups is 1. The molecule has 154 valence electrons. The molecule has 0 saturated carbocycles. The second-order valence-corrected chi connectivity index (χ2v) is 8.28. The molecule has 1 unspecified atom stereocenters. The van der Waals surface area contributed by atoms with E-state index in [0.29, 0.717) is 19.4 Å². The van der Waals surface area contributed by atoms with Crippen molar-refractivity contribution in [2.45, 2.75) is 68.6 Å². The Balaban J connectivity index is 1.75. The van der Waals surface area contributed by atoms with Crippen LogP contribution in [-0.2, 0) is 15.3 Å². The van der Waals surface area contributed by atoms with Gasteiger partial charge in [0.25, 0.3) is 0 Å². The molecule has 1 aliphatic heterocycles. The summed E-state index contributed by atoms with van der Waals surface area (Å²) >= 11 is 1.47. The molecule has 2 N–H and O–H groups in total. The van der Waals surface area contributed by atoms with Crippen molar-refractivity contribution in [2.24, 2.45) is 0 Å². The molecule has 0 aromatic heterocycles. The number of nitrogens with zero attached hydrogens (tertiary/aromatic N) is 1. The van der Waals surface area contributed by atoms with Gasteiger partial charge in [-0.15, -0.1) is 11.8 Å². The van der Waals surface area contributed by atoms with E-state index in [0.717, 1.165) is 37.9 Å². The van der Waals surface area contributed by atoms with Gasteiger partial charge in [0.05, 0.1) is 6.04 Å². The second-order valence-electron chi connectivity index (χ2n) is 7.18. The summed E-state index contributed by atoms with van der Waals surface area (Å²) in [6, 6.07) is 10.1. The van der Waals surface area contributed by atoms with Gasteiger partial charge in [-0.1, -0.05) is 49.2 Å². The van der Waals surface area contributed by atoms with E-state index in [1.165, 1.54) is 17.3 Å². The zero-order valence-corrected chi connectivity index (χ0v) is 17.2. The van der Waals surface area contributed by atoms with E-state index in [-0.39, 0.29) is 18.4 Å². The third-order valence-electron chi connectivity index (χ3n) is 4.91. The Bertz CT molecular complexity index is 635. The summed E-state index contributed by atoms with van der Waals surface area (Å²) in [4.78, 5) is 24.8.